The molecule has 8 heteroatoms. The van der Waals surface area contributed by atoms with Gasteiger partial charge >= 0.3 is 12.2 Å². The smallest absolute Gasteiger partial charge is 0.421 e. The second-order valence-corrected chi connectivity index (χ2v) is 7.62. The van der Waals surface area contributed by atoms with Crippen LogP contribution in [0.5, 0.6) is 11.5 Å². The van der Waals surface area contributed by atoms with E-state index in [9.17, 15) is 22.4 Å². The number of ether oxygens (including phenoxy) is 2. The van der Waals surface area contributed by atoms with Gasteiger partial charge in [-0.3, -0.25) is 4.79 Å². The Balaban J connectivity index is 2.14. The average molecular weight is 397 g/mol. The van der Waals surface area contributed by atoms with Crippen LogP contribution in [0.1, 0.15) is 26.3 Å². The number of aryl methyl sites for hydroxylation is 1. The van der Waals surface area contributed by atoms with Crippen LogP contribution >= 0.6 is 0 Å². The fourth-order valence-electron chi connectivity index (χ4n) is 2.60. The molecule has 0 saturated carbocycles. The lowest BCUT2D eigenvalue weighted by molar-refractivity contribution is -0.391. The van der Waals surface area contributed by atoms with E-state index in [-0.39, 0.29) is 11.5 Å². The molecule has 150 valence electrons. The number of fused-ring (bicyclic) bond motifs is 1. The van der Waals surface area contributed by atoms with Gasteiger partial charge in [-0.05, 0) is 25.1 Å². The Kier molecular flexibility index (Phi) is 4.56. The van der Waals surface area contributed by atoms with Crippen LogP contribution in [0.4, 0.5) is 23.2 Å². The van der Waals surface area contributed by atoms with Crippen LogP contribution < -0.4 is 14.8 Å². The van der Waals surface area contributed by atoms with Crippen LogP contribution in [0.15, 0.2) is 36.4 Å². The SMILES string of the molecule is Cc1ccc(NC(=O)C(C)(C)C)c(-c2cccc3c2OC(F)(F)C(F)(F)O3)c1. The molecule has 2 aromatic carbocycles. The van der Waals surface area contributed by atoms with Crippen LogP contribution in [0.3, 0.4) is 0 Å². The van der Waals surface area contributed by atoms with Gasteiger partial charge in [-0.1, -0.05) is 44.5 Å². The summed E-state index contributed by atoms with van der Waals surface area (Å²) in [6.45, 7) is 6.94. The largest absolute Gasteiger partial charge is 0.507 e. The first-order valence-corrected chi connectivity index (χ1v) is 8.51. The predicted molar refractivity (Wildman–Crippen MR) is 95.8 cm³/mol. The van der Waals surface area contributed by atoms with Gasteiger partial charge in [0.15, 0.2) is 11.5 Å². The molecule has 1 aliphatic heterocycles. The zero-order chi connectivity index (χ0) is 20.9. The highest BCUT2D eigenvalue weighted by molar-refractivity contribution is 5.99. The molecule has 1 aliphatic rings. The lowest BCUT2D eigenvalue weighted by Crippen LogP contribution is -2.52. The van der Waals surface area contributed by atoms with Crippen LogP contribution in [0.2, 0.25) is 0 Å². The number of rotatable bonds is 2. The van der Waals surface area contributed by atoms with Crippen molar-refractivity contribution < 1.29 is 31.8 Å². The van der Waals surface area contributed by atoms with Crippen molar-refractivity contribution in [3.05, 3.63) is 42.0 Å². The second kappa shape index (κ2) is 6.39. The maximum Gasteiger partial charge on any atom is 0.507 e. The molecule has 0 saturated heterocycles. The minimum Gasteiger partial charge on any atom is -0.421 e. The maximum absolute atomic E-state index is 13.7. The summed E-state index contributed by atoms with van der Waals surface area (Å²) in [5.41, 5.74) is 0.852. The lowest BCUT2D eigenvalue weighted by atomic mass is 9.94. The summed E-state index contributed by atoms with van der Waals surface area (Å²) in [5.74, 6) is -1.32. The third-order valence-electron chi connectivity index (χ3n) is 4.18. The summed E-state index contributed by atoms with van der Waals surface area (Å²) in [7, 11) is 0. The second-order valence-electron chi connectivity index (χ2n) is 7.62. The molecule has 0 bridgehead atoms. The number of carbonyl (C=O) groups excluding carboxylic acids is 1. The topological polar surface area (TPSA) is 47.6 Å². The molecule has 3 rings (SSSR count). The van der Waals surface area contributed by atoms with Gasteiger partial charge in [-0.15, -0.1) is 0 Å². The first kappa shape index (κ1) is 20.0. The van der Waals surface area contributed by atoms with Crippen molar-refractivity contribution in [3.63, 3.8) is 0 Å². The quantitative estimate of drug-likeness (QED) is 0.671. The molecule has 1 heterocycles. The van der Waals surface area contributed by atoms with Crippen molar-refractivity contribution >= 4 is 11.6 Å². The average Bonchev–Trinajstić information content (AvgIpc) is 2.55. The van der Waals surface area contributed by atoms with Crippen molar-refractivity contribution in [2.75, 3.05) is 5.32 Å². The van der Waals surface area contributed by atoms with Gasteiger partial charge in [0.05, 0.1) is 0 Å². The molecular weight excluding hydrogens is 378 g/mol. The number of hydrogen-bond acceptors (Lipinski definition) is 3. The number of alkyl halides is 4. The van der Waals surface area contributed by atoms with Crippen LogP contribution in [-0.2, 0) is 4.79 Å². The summed E-state index contributed by atoms with van der Waals surface area (Å²) in [4.78, 5) is 12.4. The van der Waals surface area contributed by atoms with E-state index in [4.69, 9.17) is 0 Å². The van der Waals surface area contributed by atoms with Gasteiger partial charge in [0, 0.05) is 22.2 Å². The number of benzene rings is 2. The molecule has 0 spiro atoms. The monoisotopic (exact) mass is 397 g/mol. The highest BCUT2D eigenvalue weighted by Gasteiger charge is 2.66. The van der Waals surface area contributed by atoms with E-state index in [2.05, 4.69) is 14.8 Å². The molecular formula is C20H19F4NO3. The van der Waals surface area contributed by atoms with Crippen LogP contribution in [-0.4, -0.2) is 18.1 Å². The summed E-state index contributed by atoms with van der Waals surface area (Å²) in [6.07, 6.45) is -9.64. The Hall–Kier alpha value is -2.77. The third-order valence-corrected chi connectivity index (χ3v) is 4.18. The highest BCUT2D eigenvalue weighted by Crippen LogP contribution is 2.51. The van der Waals surface area contributed by atoms with Crippen molar-refractivity contribution in [2.45, 2.75) is 39.9 Å². The number of halogens is 4. The number of hydrogen-bond donors (Lipinski definition) is 1. The van der Waals surface area contributed by atoms with E-state index in [0.29, 0.717) is 11.3 Å². The fourth-order valence-corrected chi connectivity index (χ4v) is 2.60. The zero-order valence-corrected chi connectivity index (χ0v) is 15.7. The zero-order valence-electron chi connectivity index (χ0n) is 15.7. The Morgan fingerprint density at radius 1 is 0.964 bits per heavy atom. The van der Waals surface area contributed by atoms with E-state index in [1.54, 1.807) is 45.9 Å². The Morgan fingerprint density at radius 2 is 1.61 bits per heavy atom. The van der Waals surface area contributed by atoms with Crippen LogP contribution in [0.25, 0.3) is 11.1 Å². The fraction of sp³-hybridized carbons (Fsp3) is 0.350. The van der Waals surface area contributed by atoms with E-state index < -0.39 is 29.1 Å². The molecule has 28 heavy (non-hydrogen) atoms. The summed E-state index contributed by atoms with van der Waals surface area (Å²) < 4.78 is 63.0. The number of amides is 1. The summed E-state index contributed by atoms with van der Waals surface area (Å²) >= 11 is 0. The van der Waals surface area contributed by atoms with Crippen molar-refractivity contribution in [1.29, 1.82) is 0 Å². The minimum atomic E-state index is -4.84. The minimum absolute atomic E-state index is 0.0978. The van der Waals surface area contributed by atoms with Crippen molar-refractivity contribution in [3.8, 4) is 22.6 Å². The van der Waals surface area contributed by atoms with Crippen LogP contribution in [0, 0.1) is 12.3 Å². The van der Waals surface area contributed by atoms with Gasteiger partial charge in [-0.25, -0.2) is 0 Å². The van der Waals surface area contributed by atoms with E-state index in [0.717, 1.165) is 11.6 Å². The molecule has 4 nitrogen and oxygen atoms in total. The van der Waals surface area contributed by atoms with E-state index >= 15 is 0 Å². The molecule has 0 unspecified atom stereocenters. The van der Waals surface area contributed by atoms with Gasteiger partial charge in [0.25, 0.3) is 0 Å². The third kappa shape index (κ3) is 3.50. The molecule has 0 aliphatic carbocycles. The summed E-state index contributed by atoms with van der Waals surface area (Å²) in [6, 6.07) is 8.92. The number of nitrogens with one attached hydrogen (secondary N) is 1. The van der Waals surface area contributed by atoms with Gasteiger partial charge in [0.1, 0.15) is 0 Å². The number of anilines is 1. The number of carbonyl (C=O) groups is 1. The maximum atomic E-state index is 13.7. The van der Waals surface area contributed by atoms with Gasteiger partial charge < -0.3 is 14.8 Å². The van der Waals surface area contributed by atoms with Gasteiger partial charge in [0.2, 0.25) is 5.91 Å². The lowest BCUT2D eigenvalue weighted by Gasteiger charge is -2.33. The first-order valence-electron chi connectivity index (χ1n) is 8.51. The summed E-state index contributed by atoms with van der Waals surface area (Å²) in [5, 5.41) is 2.75. The normalized spacial score (nSPS) is 17.1. The predicted octanol–water partition coefficient (Wildman–Crippen LogP) is 5.60. The highest BCUT2D eigenvalue weighted by atomic mass is 19.3. The first-order chi connectivity index (χ1) is 12.8. The van der Waals surface area contributed by atoms with Crippen molar-refractivity contribution in [2.24, 2.45) is 5.41 Å². The van der Waals surface area contributed by atoms with Crippen molar-refractivity contribution in [1.82, 2.24) is 0 Å². The van der Waals surface area contributed by atoms with E-state index in [1.807, 2.05) is 0 Å². The Labute approximate surface area is 159 Å². The number of para-hydroxylation sites is 1. The Morgan fingerprint density at radius 3 is 2.25 bits per heavy atom. The molecule has 0 radical (unpaired) electrons. The molecule has 2 aromatic rings. The molecule has 0 fully saturated rings. The van der Waals surface area contributed by atoms with Gasteiger partial charge in [-0.2, -0.15) is 17.6 Å². The standard InChI is InChI=1S/C20H19F4NO3/c1-11-8-9-14(25-17(26)18(2,3)4)13(10-11)12-6-5-7-15-16(12)28-20(23,24)19(21,22)27-15/h5-10H,1-4H3,(H,25,26). The Bertz CT molecular complexity index is 936. The molecule has 0 aromatic heterocycles. The van der Waals surface area contributed by atoms with E-state index in [1.165, 1.54) is 12.1 Å². The molecule has 1 amide bonds. The molecule has 0 atom stereocenters. The molecule has 1 N–H and O–H groups in total.